The summed E-state index contributed by atoms with van der Waals surface area (Å²) in [5.41, 5.74) is 6.06. The van der Waals surface area contributed by atoms with Crippen LogP contribution in [-0.2, 0) is 42.7 Å². The van der Waals surface area contributed by atoms with Crippen LogP contribution in [0.5, 0.6) is 0 Å². The number of anilines is 2. The van der Waals surface area contributed by atoms with Crippen LogP contribution in [0.2, 0.25) is 0 Å². The number of hydrogen-bond acceptors (Lipinski definition) is 11. The third-order valence-corrected chi connectivity index (χ3v) is 8.57. The van der Waals surface area contributed by atoms with Gasteiger partial charge in [0.25, 0.3) is 0 Å². The van der Waals surface area contributed by atoms with Crippen molar-refractivity contribution in [3.05, 3.63) is 70.8 Å². The zero-order chi connectivity index (χ0) is 37.1. The van der Waals surface area contributed by atoms with E-state index in [0.29, 0.717) is 106 Å². The first-order chi connectivity index (χ1) is 25.6. The van der Waals surface area contributed by atoms with Crippen molar-refractivity contribution in [3.63, 3.8) is 0 Å². The largest absolute Gasteiger partial charge is 0.382 e. The van der Waals surface area contributed by atoms with Gasteiger partial charge in [-0.25, -0.2) is 0 Å². The summed E-state index contributed by atoms with van der Waals surface area (Å²) in [6, 6.07) is 16.8. The van der Waals surface area contributed by atoms with Gasteiger partial charge < -0.3 is 47.7 Å². The van der Waals surface area contributed by atoms with Gasteiger partial charge in [-0.15, -0.1) is 0 Å². The Balaban J connectivity index is 1.50. The highest BCUT2D eigenvalue weighted by Gasteiger charge is 2.23. The van der Waals surface area contributed by atoms with Crippen molar-refractivity contribution in [2.75, 3.05) is 143 Å². The molecule has 0 heterocycles. The number of Topliss-reactive ketones (excluding diaryl/α,β-unsaturated/α-hetero) is 1. The Hall–Kier alpha value is -3.13. The molecule has 2 aromatic rings. The minimum absolute atomic E-state index is 0.137. The molecule has 0 radical (unpaired) electrons. The molecule has 0 aliphatic heterocycles. The van der Waals surface area contributed by atoms with Gasteiger partial charge in [-0.2, -0.15) is 0 Å². The topological polar surface area (TPSA) is 97.4 Å². The Bertz CT molecular complexity index is 1250. The molecule has 1 aliphatic carbocycles. The quantitative estimate of drug-likeness (QED) is 0.0748. The minimum Gasteiger partial charge on any atom is -0.382 e. The number of rotatable bonds is 30. The van der Waals surface area contributed by atoms with Crippen molar-refractivity contribution in [1.82, 2.24) is 0 Å². The van der Waals surface area contributed by atoms with E-state index in [1.54, 1.807) is 14.2 Å². The molecule has 0 unspecified atom stereocenters. The van der Waals surface area contributed by atoms with E-state index in [-0.39, 0.29) is 5.78 Å². The molecule has 1 aliphatic rings. The van der Waals surface area contributed by atoms with Crippen LogP contribution in [0.3, 0.4) is 0 Å². The van der Waals surface area contributed by atoms with E-state index >= 15 is 0 Å². The maximum Gasteiger partial charge on any atom is 0.185 e. The molecule has 0 spiro atoms. The van der Waals surface area contributed by atoms with Crippen LogP contribution in [0.1, 0.15) is 37.8 Å². The molecule has 11 nitrogen and oxygen atoms in total. The molecule has 0 amide bonds. The number of allylic oxidation sites excluding steroid dienone is 2. The smallest absolute Gasteiger partial charge is 0.185 e. The molecule has 2 aromatic carbocycles. The average molecular weight is 727 g/mol. The molecule has 11 heteroatoms. The number of methoxy groups -OCH3 is 2. The van der Waals surface area contributed by atoms with E-state index in [2.05, 4.69) is 72.2 Å². The van der Waals surface area contributed by atoms with Crippen molar-refractivity contribution in [2.24, 2.45) is 0 Å². The summed E-state index contributed by atoms with van der Waals surface area (Å²) in [4.78, 5) is 17.9. The van der Waals surface area contributed by atoms with Crippen LogP contribution in [0.25, 0.3) is 12.2 Å². The molecular formula is C41H62N2O9. The van der Waals surface area contributed by atoms with Crippen LogP contribution in [0, 0.1) is 0 Å². The predicted molar refractivity (Wildman–Crippen MR) is 208 cm³/mol. The number of benzene rings is 2. The van der Waals surface area contributed by atoms with Gasteiger partial charge in [0.1, 0.15) is 0 Å². The fraction of sp³-hybridized carbons (Fsp3) is 0.585. The van der Waals surface area contributed by atoms with Crippen LogP contribution in [-0.4, -0.2) is 139 Å². The number of carbonyl (C=O) groups is 1. The molecule has 0 atom stereocenters. The Morgan fingerprint density at radius 3 is 1.15 bits per heavy atom. The van der Waals surface area contributed by atoms with Gasteiger partial charge in [-0.3, -0.25) is 4.79 Å². The number of ketones is 1. The van der Waals surface area contributed by atoms with E-state index in [9.17, 15) is 4.79 Å². The van der Waals surface area contributed by atoms with Crippen molar-refractivity contribution in [2.45, 2.75) is 26.7 Å². The zero-order valence-corrected chi connectivity index (χ0v) is 32.0. The van der Waals surface area contributed by atoms with E-state index < -0.39 is 0 Å². The van der Waals surface area contributed by atoms with Crippen LogP contribution in [0.15, 0.2) is 59.7 Å². The summed E-state index contributed by atoms with van der Waals surface area (Å²) < 4.78 is 43.7. The standard InChI is InChI=1S/C41H62N2O9/c1-5-42(6-2)39-13-7-35(8-14-39)33-37-11-12-38(41(37)44)34-36-9-15-40(16-10-36)43(17-19-47-25-27-51-31-29-49-23-21-45-3)18-20-48-26-28-52-32-30-50-24-22-46-4/h7-10,13-16,33-34H,5-6,11-12,17-32H2,1-4H3/b37-33-,38-34-. The fourth-order valence-corrected chi connectivity index (χ4v) is 5.62. The van der Waals surface area contributed by atoms with E-state index in [1.807, 2.05) is 12.2 Å². The van der Waals surface area contributed by atoms with Gasteiger partial charge in [-0.05, 0) is 74.2 Å². The third kappa shape index (κ3) is 17.1. The zero-order valence-electron chi connectivity index (χ0n) is 32.0. The lowest BCUT2D eigenvalue weighted by Crippen LogP contribution is -2.31. The fourth-order valence-electron chi connectivity index (χ4n) is 5.62. The molecule has 290 valence electrons. The number of nitrogens with zero attached hydrogens (tertiary/aromatic N) is 2. The first kappa shape index (κ1) is 43.3. The molecule has 0 bridgehead atoms. The second-order valence-electron chi connectivity index (χ2n) is 12.2. The third-order valence-electron chi connectivity index (χ3n) is 8.57. The Labute approximate surface area is 311 Å². The lowest BCUT2D eigenvalue weighted by Gasteiger charge is -2.25. The van der Waals surface area contributed by atoms with Crippen molar-refractivity contribution in [1.29, 1.82) is 0 Å². The maximum absolute atomic E-state index is 13.3. The highest BCUT2D eigenvalue weighted by Crippen LogP contribution is 2.30. The highest BCUT2D eigenvalue weighted by molar-refractivity contribution is 6.15. The van der Waals surface area contributed by atoms with Crippen molar-refractivity contribution >= 4 is 29.3 Å². The number of carbonyl (C=O) groups excluding carboxylic acids is 1. The van der Waals surface area contributed by atoms with E-state index in [0.717, 1.165) is 53.9 Å². The van der Waals surface area contributed by atoms with Gasteiger partial charge in [0.15, 0.2) is 5.78 Å². The van der Waals surface area contributed by atoms with Gasteiger partial charge in [0.05, 0.1) is 92.5 Å². The Morgan fingerprint density at radius 1 is 0.481 bits per heavy atom. The predicted octanol–water partition coefficient (Wildman–Crippen LogP) is 5.56. The first-order valence-electron chi connectivity index (χ1n) is 18.7. The summed E-state index contributed by atoms with van der Waals surface area (Å²) in [6.45, 7) is 15.2. The number of hydrogen-bond donors (Lipinski definition) is 0. The van der Waals surface area contributed by atoms with Crippen molar-refractivity contribution in [3.8, 4) is 0 Å². The minimum atomic E-state index is 0.137. The van der Waals surface area contributed by atoms with Crippen LogP contribution < -0.4 is 9.80 Å². The summed E-state index contributed by atoms with van der Waals surface area (Å²) in [5, 5.41) is 0. The molecule has 1 fully saturated rings. The summed E-state index contributed by atoms with van der Waals surface area (Å²) in [7, 11) is 3.31. The Kier molecular flexibility index (Phi) is 22.9. The second kappa shape index (κ2) is 27.5. The summed E-state index contributed by atoms with van der Waals surface area (Å²) in [6.07, 6.45) is 5.57. The SMILES string of the molecule is CCN(CC)c1ccc(/C=C2/CC/C(=C/c3ccc(N(CCOCCOCCOCCOC)CCOCCOCCOCCOC)cc3)C2=O)cc1. The van der Waals surface area contributed by atoms with Crippen LogP contribution >= 0.6 is 0 Å². The molecule has 3 rings (SSSR count). The molecule has 0 N–H and O–H groups in total. The monoisotopic (exact) mass is 726 g/mol. The van der Waals surface area contributed by atoms with Gasteiger partial charge in [-0.1, -0.05) is 24.3 Å². The maximum atomic E-state index is 13.3. The second-order valence-corrected chi connectivity index (χ2v) is 12.2. The Morgan fingerprint density at radius 2 is 0.808 bits per heavy atom. The van der Waals surface area contributed by atoms with Gasteiger partial charge >= 0.3 is 0 Å². The summed E-state index contributed by atoms with van der Waals surface area (Å²) in [5.74, 6) is 0.137. The van der Waals surface area contributed by atoms with Crippen molar-refractivity contribution < 1.29 is 42.7 Å². The molecule has 52 heavy (non-hydrogen) atoms. The summed E-state index contributed by atoms with van der Waals surface area (Å²) >= 11 is 0. The average Bonchev–Trinajstić information content (AvgIpc) is 3.50. The van der Waals surface area contributed by atoms with Crippen LogP contribution in [0.4, 0.5) is 11.4 Å². The van der Waals surface area contributed by atoms with Gasteiger partial charge in [0.2, 0.25) is 0 Å². The van der Waals surface area contributed by atoms with E-state index in [4.69, 9.17) is 37.9 Å². The molecule has 0 aromatic heterocycles. The lowest BCUT2D eigenvalue weighted by atomic mass is 10.1. The normalized spacial score (nSPS) is 14.6. The lowest BCUT2D eigenvalue weighted by molar-refractivity contribution is -0.111. The molecular weight excluding hydrogens is 664 g/mol. The first-order valence-corrected chi connectivity index (χ1v) is 18.7. The molecule has 0 saturated heterocycles. The number of ether oxygens (including phenoxy) is 8. The molecule has 1 saturated carbocycles. The van der Waals surface area contributed by atoms with Gasteiger partial charge in [0, 0.05) is 62.9 Å². The van der Waals surface area contributed by atoms with E-state index in [1.165, 1.54) is 5.69 Å². The highest BCUT2D eigenvalue weighted by atomic mass is 16.6.